The Kier molecular flexibility index (Phi) is 3.93. The standard InChI is InChI=1S/C11H11N5O2S/c1-19(18)10-3-2-7(4-14-10)8-5-13-6-9(15-8)11(17)16-12/h2-6H,12H2,1H3,(H,16,17). The smallest absolute Gasteiger partial charge is 0.285 e. The molecule has 8 heteroatoms. The molecule has 19 heavy (non-hydrogen) atoms. The van der Waals surface area contributed by atoms with E-state index in [1.165, 1.54) is 18.6 Å². The van der Waals surface area contributed by atoms with E-state index in [4.69, 9.17) is 5.84 Å². The molecule has 7 nitrogen and oxygen atoms in total. The molecule has 0 aliphatic rings. The number of nitrogens with one attached hydrogen (secondary N) is 1. The zero-order valence-corrected chi connectivity index (χ0v) is 10.8. The molecule has 2 aromatic heterocycles. The van der Waals surface area contributed by atoms with Gasteiger partial charge in [-0.25, -0.2) is 15.8 Å². The summed E-state index contributed by atoms with van der Waals surface area (Å²) >= 11 is 0. The second kappa shape index (κ2) is 5.63. The molecule has 0 saturated carbocycles. The van der Waals surface area contributed by atoms with E-state index in [1.807, 2.05) is 5.43 Å². The second-order valence-electron chi connectivity index (χ2n) is 3.60. The Labute approximate surface area is 111 Å². The maximum atomic E-state index is 11.3. The molecule has 0 radical (unpaired) electrons. The number of aromatic nitrogens is 3. The third-order valence-electron chi connectivity index (χ3n) is 2.32. The van der Waals surface area contributed by atoms with Crippen molar-refractivity contribution >= 4 is 16.7 Å². The van der Waals surface area contributed by atoms with Gasteiger partial charge in [-0.15, -0.1) is 0 Å². The van der Waals surface area contributed by atoms with Crippen LogP contribution in [0.1, 0.15) is 10.5 Å². The van der Waals surface area contributed by atoms with Gasteiger partial charge in [0, 0.05) is 18.0 Å². The highest BCUT2D eigenvalue weighted by atomic mass is 32.2. The predicted octanol–water partition coefficient (Wildman–Crippen LogP) is -0.121. The van der Waals surface area contributed by atoms with Crippen molar-refractivity contribution in [2.45, 2.75) is 5.03 Å². The van der Waals surface area contributed by atoms with E-state index >= 15 is 0 Å². The van der Waals surface area contributed by atoms with Crippen LogP contribution in [-0.4, -0.2) is 31.3 Å². The lowest BCUT2D eigenvalue weighted by Gasteiger charge is -2.03. The first-order valence-electron chi connectivity index (χ1n) is 5.24. The molecule has 1 atom stereocenters. The fourth-order valence-electron chi connectivity index (χ4n) is 1.39. The van der Waals surface area contributed by atoms with Gasteiger partial charge in [-0.1, -0.05) is 0 Å². The summed E-state index contributed by atoms with van der Waals surface area (Å²) in [6.07, 6.45) is 5.90. The van der Waals surface area contributed by atoms with Gasteiger partial charge in [0.25, 0.3) is 5.91 Å². The van der Waals surface area contributed by atoms with Gasteiger partial charge in [-0.05, 0) is 12.1 Å². The number of hydrazine groups is 1. The van der Waals surface area contributed by atoms with Crippen molar-refractivity contribution in [2.75, 3.05) is 6.26 Å². The van der Waals surface area contributed by atoms with E-state index in [0.29, 0.717) is 16.3 Å². The first-order chi connectivity index (χ1) is 9.11. The van der Waals surface area contributed by atoms with Gasteiger partial charge in [-0.3, -0.25) is 19.4 Å². The number of rotatable bonds is 3. The van der Waals surface area contributed by atoms with Gasteiger partial charge < -0.3 is 0 Å². The van der Waals surface area contributed by atoms with Crippen molar-refractivity contribution in [3.8, 4) is 11.3 Å². The fourth-order valence-corrected chi connectivity index (χ4v) is 1.85. The Bertz CT molecular complexity index is 629. The van der Waals surface area contributed by atoms with E-state index < -0.39 is 16.7 Å². The maximum absolute atomic E-state index is 11.3. The Hall–Kier alpha value is -2.19. The minimum Gasteiger partial charge on any atom is -0.289 e. The summed E-state index contributed by atoms with van der Waals surface area (Å²) in [7, 11) is -1.13. The van der Waals surface area contributed by atoms with E-state index in [-0.39, 0.29) is 5.69 Å². The molecule has 0 bridgehead atoms. The number of amides is 1. The first kappa shape index (κ1) is 13.2. The summed E-state index contributed by atoms with van der Waals surface area (Å²) in [4.78, 5) is 23.4. The van der Waals surface area contributed by atoms with Crippen molar-refractivity contribution in [3.63, 3.8) is 0 Å². The fraction of sp³-hybridized carbons (Fsp3) is 0.0909. The quantitative estimate of drug-likeness (QED) is 0.459. The van der Waals surface area contributed by atoms with E-state index in [1.54, 1.807) is 18.4 Å². The lowest BCUT2D eigenvalue weighted by molar-refractivity contribution is 0.0948. The van der Waals surface area contributed by atoms with Gasteiger partial charge >= 0.3 is 0 Å². The SMILES string of the molecule is CS(=O)c1ccc(-c2cncc(C(=O)NN)n2)cn1. The van der Waals surface area contributed by atoms with Crippen LogP contribution < -0.4 is 11.3 Å². The van der Waals surface area contributed by atoms with Crippen LogP contribution in [0.15, 0.2) is 35.7 Å². The van der Waals surface area contributed by atoms with Crippen molar-refractivity contribution in [1.82, 2.24) is 20.4 Å². The molecule has 3 N–H and O–H groups in total. The summed E-state index contributed by atoms with van der Waals surface area (Å²) in [6, 6.07) is 3.36. The highest BCUT2D eigenvalue weighted by Gasteiger charge is 2.09. The molecule has 1 unspecified atom stereocenters. The van der Waals surface area contributed by atoms with E-state index in [0.717, 1.165) is 0 Å². The monoisotopic (exact) mass is 277 g/mol. The molecule has 0 spiro atoms. The number of nitrogen functional groups attached to an aromatic ring is 1. The molecule has 98 valence electrons. The van der Waals surface area contributed by atoms with Gasteiger partial charge in [0.15, 0.2) is 0 Å². The van der Waals surface area contributed by atoms with Crippen LogP contribution in [0.2, 0.25) is 0 Å². The molecular weight excluding hydrogens is 266 g/mol. The average Bonchev–Trinajstić information content (AvgIpc) is 2.46. The topological polar surface area (TPSA) is 111 Å². The average molecular weight is 277 g/mol. The Morgan fingerprint density at radius 1 is 1.32 bits per heavy atom. The van der Waals surface area contributed by atoms with Gasteiger partial charge in [-0.2, -0.15) is 0 Å². The molecule has 1 amide bonds. The largest absolute Gasteiger partial charge is 0.289 e. The molecule has 2 heterocycles. The van der Waals surface area contributed by atoms with Crippen molar-refractivity contribution < 1.29 is 9.00 Å². The number of carbonyl (C=O) groups excluding carboxylic acids is 1. The van der Waals surface area contributed by atoms with Crippen LogP contribution in [0.25, 0.3) is 11.3 Å². The molecule has 0 fully saturated rings. The summed E-state index contributed by atoms with van der Waals surface area (Å²) in [6.45, 7) is 0. The predicted molar refractivity (Wildman–Crippen MR) is 69.2 cm³/mol. The van der Waals surface area contributed by atoms with Gasteiger partial charge in [0.2, 0.25) is 0 Å². The van der Waals surface area contributed by atoms with Crippen molar-refractivity contribution in [1.29, 1.82) is 0 Å². The number of hydrogen-bond acceptors (Lipinski definition) is 6. The Morgan fingerprint density at radius 3 is 2.68 bits per heavy atom. The molecule has 0 aliphatic heterocycles. The first-order valence-corrected chi connectivity index (χ1v) is 6.80. The lowest BCUT2D eigenvalue weighted by Crippen LogP contribution is -2.30. The Morgan fingerprint density at radius 2 is 2.11 bits per heavy atom. The number of nitrogens with zero attached hydrogens (tertiary/aromatic N) is 3. The minimum atomic E-state index is -1.13. The van der Waals surface area contributed by atoms with E-state index in [9.17, 15) is 9.00 Å². The Balaban J connectivity index is 2.36. The number of hydrogen-bond donors (Lipinski definition) is 2. The van der Waals surface area contributed by atoms with Gasteiger partial charge in [0.1, 0.15) is 10.7 Å². The summed E-state index contributed by atoms with van der Waals surface area (Å²) in [5.74, 6) is 4.51. The number of pyridine rings is 1. The molecular formula is C11H11N5O2S. The highest BCUT2D eigenvalue weighted by Crippen LogP contribution is 2.16. The number of nitrogens with two attached hydrogens (primary N) is 1. The molecule has 2 aromatic rings. The van der Waals surface area contributed by atoms with E-state index in [2.05, 4.69) is 15.0 Å². The lowest BCUT2D eigenvalue weighted by atomic mass is 10.2. The van der Waals surface area contributed by atoms with Crippen LogP contribution in [0.3, 0.4) is 0 Å². The van der Waals surface area contributed by atoms with Crippen LogP contribution >= 0.6 is 0 Å². The normalized spacial score (nSPS) is 11.9. The third-order valence-corrected chi connectivity index (χ3v) is 3.16. The highest BCUT2D eigenvalue weighted by molar-refractivity contribution is 7.84. The van der Waals surface area contributed by atoms with Crippen LogP contribution in [0.4, 0.5) is 0 Å². The van der Waals surface area contributed by atoms with Crippen molar-refractivity contribution in [2.24, 2.45) is 5.84 Å². The third kappa shape index (κ3) is 2.98. The van der Waals surface area contributed by atoms with Gasteiger partial charge in [0.05, 0.1) is 28.9 Å². The molecule has 0 aromatic carbocycles. The second-order valence-corrected chi connectivity index (χ2v) is 4.93. The van der Waals surface area contributed by atoms with Crippen LogP contribution in [0, 0.1) is 0 Å². The summed E-state index contributed by atoms with van der Waals surface area (Å²) in [5, 5.41) is 0.479. The summed E-state index contributed by atoms with van der Waals surface area (Å²) < 4.78 is 11.2. The minimum absolute atomic E-state index is 0.114. The zero-order valence-electron chi connectivity index (χ0n) is 10.0. The zero-order chi connectivity index (χ0) is 13.8. The molecule has 2 rings (SSSR count). The van der Waals surface area contributed by atoms with Crippen LogP contribution in [0.5, 0.6) is 0 Å². The van der Waals surface area contributed by atoms with Crippen molar-refractivity contribution in [3.05, 3.63) is 36.4 Å². The molecule has 0 aliphatic carbocycles. The number of carbonyl (C=O) groups is 1. The summed E-state index contributed by atoms with van der Waals surface area (Å²) in [5.41, 5.74) is 3.26. The maximum Gasteiger partial charge on any atom is 0.285 e. The van der Waals surface area contributed by atoms with Crippen LogP contribution in [-0.2, 0) is 10.8 Å². The molecule has 0 saturated heterocycles.